The van der Waals surface area contributed by atoms with Crippen molar-refractivity contribution in [2.75, 3.05) is 13.7 Å². The number of ether oxygens (including phenoxy) is 2. The van der Waals surface area contributed by atoms with Gasteiger partial charge in [-0.1, -0.05) is 12.1 Å². The zero-order valence-electron chi connectivity index (χ0n) is 21.9. The number of imidazole rings is 1. The van der Waals surface area contributed by atoms with Crippen molar-refractivity contribution in [3.63, 3.8) is 0 Å². The normalized spacial score (nSPS) is 10.8. The van der Waals surface area contributed by atoms with Crippen LogP contribution in [0.1, 0.15) is 33.3 Å². The second-order valence-electron chi connectivity index (χ2n) is 8.53. The number of hydrogen-bond acceptors (Lipinski definition) is 10. The predicted molar refractivity (Wildman–Crippen MR) is 145 cm³/mol. The van der Waals surface area contributed by atoms with Gasteiger partial charge in [0.1, 0.15) is 11.2 Å². The largest absolute Gasteiger partial charge is 0.479 e. The Morgan fingerprint density at radius 3 is 2.54 bits per heavy atom. The van der Waals surface area contributed by atoms with E-state index in [1.54, 1.807) is 41.9 Å². The van der Waals surface area contributed by atoms with Gasteiger partial charge in [0.05, 0.1) is 13.7 Å². The molecule has 0 aliphatic heterocycles. The third-order valence-corrected chi connectivity index (χ3v) is 5.99. The summed E-state index contributed by atoms with van der Waals surface area (Å²) in [6, 6.07) is 12.9. The van der Waals surface area contributed by atoms with Crippen molar-refractivity contribution in [2.24, 2.45) is 0 Å². The number of nitrogens with one attached hydrogen (secondary N) is 3. The highest BCUT2D eigenvalue weighted by atomic mass is 16.5. The Kier molecular flexibility index (Phi) is 7.65. The van der Waals surface area contributed by atoms with E-state index in [1.807, 2.05) is 6.92 Å². The molecule has 0 aliphatic carbocycles. The van der Waals surface area contributed by atoms with Gasteiger partial charge in [-0.2, -0.15) is 0 Å². The predicted octanol–water partition coefficient (Wildman–Crippen LogP) is 2.02. The molecule has 41 heavy (non-hydrogen) atoms. The number of hydrogen-bond donors (Lipinski definition) is 4. The number of methoxy groups -OCH3 is 1. The first-order valence-corrected chi connectivity index (χ1v) is 12.4. The minimum Gasteiger partial charge on any atom is -0.479 e. The number of amides is 2. The summed E-state index contributed by atoms with van der Waals surface area (Å²) in [6.07, 6.45) is 3.04. The first-order valence-electron chi connectivity index (χ1n) is 12.4. The van der Waals surface area contributed by atoms with E-state index in [2.05, 4.69) is 30.2 Å². The molecule has 5 rings (SSSR count). The number of pyridine rings is 2. The number of aromatic amines is 1. The van der Waals surface area contributed by atoms with Crippen molar-refractivity contribution < 1.29 is 24.3 Å². The third kappa shape index (κ3) is 5.44. The smallest absolute Gasteiger partial charge is 0.332 e. The summed E-state index contributed by atoms with van der Waals surface area (Å²) in [7, 11) is 1.43. The van der Waals surface area contributed by atoms with Gasteiger partial charge in [-0.05, 0) is 42.8 Å². The maximum atomic E-state index is 13.5. The zero-order valence-corrected chi connectivity index (χ0v) is 21.9. The van der Waals surface area contributed by atoms with Crippen molar-refractivity contribution in [3.8, 4) is 28.8 Å². The van der Waals surface area contributed by atoms with Gasteiger partial charge in [-0.25, -0.2) is 34.8 Å². The van der Waals surface area contributed by atoms with Gasteiger partial charge in [0.15, 0.2) is 17.2 Å². The molecule has 4 N–H and O–H groups in total. The van der Waals surface area contributed by atoms with Gasteiger partial charge in [0, 0.05) is 36.1 Å². The lowest BCUT2D eigenvalue weighted by atomic mass is 10.1. The van der Waals surface area contributed by atoms with Gasteiger partial charge in [-0.3, -0.25) is 14.8 Å². The van der Waals surface area contributed by atoms with E-state index in [0.29, 0.717) is 29.3 Å². The van der Waals surface area contributed by atoms with E-state index in [1.165, 1.54) is 36.2 Å². The molecular formula is C27H24N8O6. The van der Waals surface area contributed by atoms with Crippen LogP contribution >= 0.6 is 0 Å². The molecule has 14 nitrogen and oxygen atoms in total. The van der Waals surface area contributed by atoms with Crippen molar-refractivity contribution in [3.05, 3.63) is 88.2 Å². The molecule has 208 valence electrons. The molecule has 0 unspecified atom stereocenters. The van der Waals surface area contributed by atoms with E-state index in [4.69, 9.17) is 14.7 Å². The fourth-order valence-corrected chi connectivity index (χ4v) is 4.06. The van der Waals surface area contributed by atoms with Crippen LogP contribution in [0.25, 0.3) is 28.2 Å². The monoisotopic (exact) mass is 556 g/mol. The lowest BCUT2D eigenvalue weighted by molar-refractivity contribution is 0.0706. The topological polar surface area (TPSA) is 186 Å². The lowest BCUT2D eigenvalue weighted by Crippen LogP contribution is -2.25. The Balaban J connectivity index is 1.58. The summed E-state index contributed by atoms with van der Waals surface area (Å²) in [5, 5.41) is 11.6. The minimum atomic E-state index is -0.654. The zero-order chi connectivity index (χ0) is 28.9. The van der Waals surface area contributed by atoms with Gasteiger partial charge in [0.25, 0.3) is 11.8 Å². The number of fused-ring (bicyclic) bond motifs is 1. The summed E-state index contributed by atoms with van der Waals surface area (Å²) >= 11 is 0. The van der Waals surface area contributed by atoms with E-state index < -0.39 is 17.5 Å². The number of aromatic nitrogens is 6. The average Bonchev–Trinajstić information content (AvgIpc) is 3.35. The second kappa shape index (κ2) is 11.6. The molecule has 0 saturated carbocycles. The van der Waals surface area contributed by atoms with Crippen molar-refractivity contribution in [1.29, 1.82) is 0 Å². The molecule has 0 bridgehead atoms. The maximum absolute atomic E-state index is 13.5. The summed E-state index contributed by atoms with van der Waals surface area (Å²) < 4.78 is 12.0. The molecule has 0 spiro atoms. The molecule has 4 heterocycles. The SMILES string of the molecule is CCOc1ccc(-c2nc(C(=O)NCc3ccc(C(=O)NO)cc3)c3[nH]c(=O)n(-c4cccnc4OC)c3n2)cn1. The molecule has 14 heteroatoms. The van der Waals surface area contributed by atoms with E-state index >= 15 is 0 Å². The molecule has 0 saturated heterocycles. The maximum Gasteiger partial charge on any atom is 0.332 e. The molecule has 5 aromatic rings. The van der Waals surface area contributed by atoms with Crippen LogP contribution in [0.5, 0.6) is 11.8 Å². The highest BCUT2D eigenvalue weighted by Gasteiger charge is 2.23. The van der Waals surface area contributed by atoms with Crippen molar-refractivity contribution in [2.45, 2.75) is 13.5 Å². The first-order chi connectivity index (χ1) is 19.9. The van der Waals surface area contributed by atoms with Gasteiger partial charge in [0.2, 0.25) is 11.8 Å². The molecule has 0 atom stereocenters. The molecule has 0 fully saturated rings. The fourth-order valence-electron chi connectivity index (χ4n) is 4.06. The molecule has 2 amide bonds. The van der Waals surface area contributed by atoms with Gasteiger partial charge in [-0.15, -0.1) is 0 Å². The first kappa shape index (κ1) is 27.0. The molecule has 0 aliphatic rings. The molecule has 0 radical (unpaired) electrons. The van der Waals surface area contributed by atoms with E-state index in [0.717, 1.165) is 0 Å². The Morgan fingerprint density at radius 2 is 1.85 bits per heavy atom. The Labute approximate surface area is 232 Å². The quantitative estimate of drug-likeness (QED) is 0.155. The summed E-state index contributed by atoms with van der Waals surface area (Å²) in [4.78, 5) is 58.4. The molecular weight excluding hydrogens is 532 g/mol. The number of hydroxylamine groups is 1. The van der Waals surface area contributed by atoms with Crippen LogP contribution in [0.3, 0.4) is 0 Å². The minimum absolute atomic E-state index is 0.0751. The van der Waals surface area contributed by atoms with Crippen LogP contribution in [-0.2, 0) is 6.54 Å². The molecule has 4 aromatic heterocycles. The Bertz CT molecular complexity index is 1780. The number of H-pyrrole nitrogens is 1. The number of carbonyl (C=O) groups excluding carboxylic acids is 2. The van der Waals surface area contributed by atoms with Crippen LogP contribution in [0.2, 0.25) is 0 Å². The van der Waals surface area contributed by atoms with Crippen LogP contribution in [-0.4, -0.2) is 60.2 Å². The highest BCUT2D eigenvalue weighted by molar-refractivity contribution is 6.03. The summed E-state index contributed by atoms with van der Waals surface area (Å²) in [5.74, 6) is -0.493. The number of rotatable bonds is 9. The number of nitrogens with zero attached hydrogens (tertiary/aromatic N) is 5. The van der Waals surface area contributed by atoms with Crippen LogP contribution in [0, 0.1) is 0 Å². The highest BCUT2D eigenvalue weighted by Crippen LogP contribution is 2.25. The van der Waals surface area contributed by atoms with Gasteiger partial charge < -0.3 is 19.8 Å². The summed E-state index contributed by atoms with van der Waals surface area (Å²) in [6.45, 7) is 2.38. The number of carbonyl (C=O) groups is 2. The third-order valence-electron chi connectivity index (χ3n) is 5.99. The van der Waals surface area contributed by atoms with Crippen molar-refractivity contribution in [1.82, 2.24) is 40.3 Å². The number of benzene rings is 1. The second-order valence-corrected chi connectivity index (χ2v) is 8.53. The average molecular weight is 557 g/mol. The standard InChI is InChI=1S/C27H24N8O6/c1-3-41-19-11-10-17(14-29-19)22-31-21(25(37)30-13-15-6-8-16(9-7-15)24(36)34-39)20-23(33-22)35(27(38)32-20)18-5-4-12-28-26(18)40-2/h4-12,14,39H,3,13H2,1-2H3,(H,30,37)(H,32,38)(H,34,36). The Hall–Kier alpha value is -5.63. The van der Waals surface area contributed by atoms with Crippen LogP contribution < -0.4 is 26.0 Å². The van der Waals surface area contributed by atoms with Crippen molar-refractivity contribution >= 4 is 23.0 Å². The summed E-state index contributed by atoms with van der Waals surface area (Å²) in [5.41, 5.74) is 2.89. The molecule has 1 aromatic carbocycles. The van der Waals surface area contributed by atoms with Crippen LogP contribution in [0.15, 0.2) is 65.7 Å². The Morgan fingerprint density at radius 1 is 1.05 bits per heavy atom. The fraction of sp³-hybridized carbons (Fsp3) is 0.148. The van der Waals surface area contributed by atoms with E-state index in [-0.39, 0.29) is 40.7 Å². The van der Waals surface area contributed by atoms with Gasteiger partial charge >= 0.3 is 5.69 Å². The van der Waals surface area contributed by atoms with Crippen LogP contribution in [0.4, 0.5) is 0 Å². The van der Waals surface area contributed by atoms with E-state index in [9.17, 15) is 14.4 Å². The lowest BCUT2D eigenvalue weighted by Gasteiger charge is -2.10.